The van der Waals surface area contributed by atoms with Gasteiger partial charge in [0, 0.05) is 45.1 Å². The Balaban J connectivity index is 2.18. The second-order valence-electron chi connectivity index (χ2n) is 16.0. The lowest BCUT2D eigenvalue weighted by molar-refractivity contribution is 0.0993. The topological polar surface area (TPSA) is 70.0 Å². The minimum Gasteiger partial charge on any atom is -0.507 e. The van der Waals surface area contributed by atoms with Crippen molar-refractivity contribution < 1.29 is 19.7 Å². The lowest BCUT2D eigenvalue weighted by atomic mass is 9.79. The molecule has 0 spiro atoms. The van der Waals surface area contributed by atoms with Crippen LogP contribution in [0.4, 0.5) is 4.79 Å². The highest BCUT2D eigenvalue weighted by Gasteiger charge is 2.40. The van der Waals surface area contributed by atoms with Gasteiger partial charge in [0.25, 0.3) is 0 Å². The van der Waals surface area contributed by atoms with Crippen molar-refractivity contribution in [3.8, 4) is 11.5 Å². The number of hydrogen-bond acceptors (Lipinski definition) is 6. The number of likely N-dealkylation sites (tertiary alicyclic amines) is 1. The van der Waals surface area contributed by atoms with E-state index >= 15 is 0 Å². The molecule has 3 rings (SSSR count). The molecular formula is C36H55NO4S2. The summed E-state index contributed by atoms with van der Waals surface area (Å²) < 4.78 is 5.07. The van der Waals surface area contributed by atoms with E-state index in [1.54, 1.807) is 0 Å². The fraction of sp³-hybridized carbons (Fsp3) is 0.639. The van der Waals surface area contributed by atoms with Gasteiger partial charge in [0.1, 0.15) is 11.5 Å². The summed E-state index contributed by atoms with van der Waals surface area (Å²) in [6.07, 6.45) is 1.29. The molecular weight excluding hydrogens is 575 g/mol. The monoisotopic (exact) mass is 629 g/mol. The Morgan fingerprint density at radius 3 is 1.26 bits per heavy atom. The van der Waals surface area contributed by atoms with Crippen LogP contribution < -0.4 is 0 Å². The Morgan fingerprint density at radius 2 is 1.00 bits per heavy atom. The van der Waals surface area contributed by atoms with Crippen LogP contribution >= 0.6 is 23.5 Å². The maximum absolute atomic E-state index is 12.7. The van der Waals surface area contributed by atoms with E-state index in [0.29, 0.717) is 31.2 Å². The number of ether oxygens (including phenoxy) is 1. The van der Waals surface area contributed by atoms with E-state index in [-0.39, 0.29) is 31.8 Å². The predicted octanol–water partition coefficient (Wildman–Crippen LogP) is 10.1. The Morgan fingerprint density at radius 1 is 0.698 bits per heavy atom. The zero-order chi connectivity index (χ0) is 32.8. The van der Waals surface area contributed by atoms with Gasteiger partial charge < -0.3 is 19.8 Å². The molecule has 0 aromatic heterocycles. The van der Waals surface area contributed by atoms with Crippen molar-refractivity contribution >= 4 is 29.6 Å². The molecule has 2 aromatic carbocycles. The molecule has 0 atom stereocenters. The fourth-order valence-electron chi connectivity index (χ4n) is 5.52. The zero-order valence-electron chi connectivity index (χ0n) is 28.8. The first kappa shape index (κ1) is 35.5. The van der Waals surface area contributed by atoms with Crippen molar-refractivity contribution in [3.05, 3.63) is 46.5 Å². The second kappa shape index (κ2) is 12.4. The summed E-state index contributed by atoms with van der Waals surface area (Å²) >= 11 is 3.69. The first-order valence-corrected chi connectivity index (χ1v) is 17.2. The zero-order valence-corrected chi connectivity index (χ0v) is 30.5. The third-order valence-corrected chi connectivity index (χ3v) is 11.1. The molecule has 43 heavy (non-hydrogen) atoms. The summed E-state index contributed by atoms with van der Waals surface area (Å²) in [4.78, 5) is 16.7. The van der Waals surface area contributed by atoms with Gasteiger partial charge in [-0.15, -0.1) is 23.5 Å². The van der Waals surface area contributed by atoms with Crippen LogP contribution in [0.1, 0.15) is 125 Å². The van der Waals surface area contributed by atoms with Gasteiger partial charge in [-0.2, -0.15) is 0 Å². The molecule has 5 nitrogen and oxygen atoms in total. The Hall–Kier alpha value is -1.99. The van der Waals surface area contributed by atoms with Gasteiger partial charge in [0.2, 0.25) is 0 Å². The molecule has 1 aliphatic heterocycles. The number of amides is 1. The van der Waals surface area contributed by atoms with Crippen molar-refractivity contribution in [1.29, 1.82) is 0 Å². The van der Waals surface area contributed by atoms with Crippen LogP contribution in [0.15, 0.2) is 34.1 Å². The van der Waals surface area contributed by atoms with E-state index in [4.69, 9.17) is 4.74 Å². The average Bonchev–Trinajstić information content (AvgIpc) is 2.84. The standard InChI is InChI=1S/C36H55NO4S2/c1-14-41-31(40)37-17-15-36(16-18-37,42-23-19-25(32(2,3)4)29(38)26(20-23)33(5,6)7)43-24-21-27(34(8,9)10)30(39)28(22-24)35(11,12)13/h19-22,38-39H,14-18H2,1-13H3. The molecule has 1 heterocycles. The van der Waals surface area contributed by atoms with Gasteiger partial charge in [-0.3, -0.25) is 0 Å². The summed E-state index contributed by atoms with van der Waals surface area (Å²) in [5, 5.41) is 22.8. The molecule has 1 fully saturated rings. The largest absolute Gasteiger partial charge is 0.507 e. The Bertz CT molecular complexity index is 1160. The first-order valence-electron chi connectivity index (χ1n) is 15.5. The van der Waals surface area contributed by atoms with Crippen molar-refractivity contribution in [1.82, 2.24) is 4.90 Å². The lowest BCUT2D eigenvalue weighted by Crippen LogP contribution is -2.44. The summed E-state index contributed by atoms with van der Waals surface area (Å²) in [6.45, 7) is 29.1. The fourth-order valence-corrected chi connectivity index (χ4v) is 8.60. The number of hydrogen-bond donors (Lipinski definition) is 2. The van der Waals surface area contributed by atoms with E-state index in [1.807, 2.05) is 35.3 Å². The van der Waals surface area contributed by atoms with E-state index in [1.165, 1.54) is 0 Å². The quantitative estimate of drug-likeness (QED) is 0.321. The normalized spacial score (nSPS) is 16.3. The van der Waals surface area contributed by atoms with Crippen molar-refractivity contribution in [2.45, 2.75) is 138 Å². The highest BCUT2D eigenvalue weighted by molar-refractivity contribution is 8.18. The van der Waals surface area contributed by atoms with Crippen molar-refractivity contribution in [2.24, 2.45) is 0 Å². The lowest BCUT2D eigenvalue weighted by Gasteiger charge is -2.41. The highest BCUT2D eigenvalue weighted by atomic mass is 32.2. The number of carbonyl (C=O) groups excluding carboxylic acids is 1. The molecule has 240 valence electrons. The number of phenolic OH excluding ortho intramolecular Hbond substituents is 2. The van der Waals surface area contributed by atoms with Crippen LogP contribution in [0.25, 0.3) is 0 Å². The van der Waals surface area contributed by atoms with Crippen LogP contribution in [0.2, 0.25) is 0 Å². The first-order chi connectivity index (χ1) is 19.5. The molecule has 0 aliphatic carbocycles. The summed E-state index contributed by atoms with van der Waals surface area (Å²) in [6, 6.07) is 8.64. The van der Waals surface area contributed by atoms with Crippen molar-refractivity contribution in [2.75, 3.05) is 19.7 Å². The van der Waals surface area contributed by atoms with Crippen LogP contribution in [-0.4, -0.2) is 45.0 Å². The summed E-state index contributed by atoms with van der Waals surface area (Å²) in [7, 11) is 0. The molecule has 0 saturated carbocycles. The Labute approximate surface area is 269 Å². The van der Waals surface area contributed by atoms with Crippen LogP contribution in [0.3, 0.4) is 0 Å². The number of carbonyl (C=O) groups is 1. The molecule has 0 radical (unpaired) electrons. The minimum absolute atomic E-state index is 0.228. The van der Waals surface area contributed by atoms with Gasteiger partial charge in [-0.25, -0.2) is 4.79 Å². The maximum Gasteiger partial charge on any atom is 0.409 e. The Kier molecular flexibility index (Phi) is 10.3. The number of phenols is 2. The van der Waals surface area contributed by atoms with Gasteiger partial charge in [0.15, 0.2) is 0 Å². The van der Waals surface area contributed by atoms with E-state index in [2.05, 4.69) is 107 Å². The number of piperidine rings is 1. The van der Waals surface area contributed by atoms with E-state index in [9.17, 15) is 15.0 Å². The predicted molar refractivity (Wildman–Crippen MR) is 183 cm³/mol. The van der Waals surface area contributed by atoms with Gasteiger partial charge >= 0.3 is 6.09 Å². The molecule has 0 bridgehead atoms. The van der Waals surface area contributed by atoms with Crippen LogP contribution in [0.5, 0.6) is 11.5 Å². The highest BCUT2D eigenvalue weighted by Crippen LogP contribution is 2.55. The SMILES string of the molecule is CCOC(=O)N1CCC(Sc2cc(C(C)(C)C)c(O)c(C(C)(C)C)c2)(Sc2cc(C(C)(C)C)c(O)c(C(C)(C)C)c2)CC1. The average molecular weight is 630 g/mol. The van der Waals surface area contributed by atoms with Crippen LogP contribution in [-0.2, 0) is 26.4 Å². The number of nitrogens with zero attached hydrogens (tertiary/aromatic N) is 1. The molecule has 1 aliphatic rings. The minimum atomic E-state index is -0.272. The summed E-state index contributed by atoms with van der Waals surface area (Å²) in [5.74, 6) is 0.762. The third kappa shape index (κ3) is 8.39. The summed E-state index contributed by atoms with van der Waals surface area (Å²) in [5.41, 5.74) is 2.87. The number of aromatic hydroxyl groups is 2. The number of thioether (sulfide) groups is 2. The van der Waals surface area contributed by atoms with Gasteiger partial charge in [0.05, 0.1) is 10.7 Å². The molecule has 2 N–H and O–H groups in total. The second-order valence-corrected chi connectivity index (χ2v) is 19.2. The maximum atomic E-state index is 12.7. The third-order valence-electron chi connectivity index (χ3n) is 8.06. The number of rotatable bonds is 5. The smallest absolute Gasteiger partial charge is 0.409 e. The van der Waals surface area contributed by atoms with Crippen LogP contribution in [0, 0.1) is 0 Å². The molecule has 1 amide bonds. The molecule has 1 saturated heterocycles. The number of benzene rings is 2. The molecule has 2 aromatic rings. The molecule has 0 unspecified atom stereocenters. The van der Waals surface area contributed by atoms with Gasteiger partial charge in [-0.1, -0.05) is 83.1 Å². The van der Waals surface area contributed by atoms with E-state index in [0.717, 1.165) is 44.9 Å². The molecule has 7 heteroatoms. The van der Waals surface area contributed by atoms with Gasteiger partial charge in [-0.05, 0) is 65.7 Å². The van der Waals surface area contributed by atoms with E-state index < -0.39 is 0 Å². The van der Waals surface area contributed by atoms with Crippen molar-refractivity contribution in [3.63, 3.8) is 0 Å².